The Morgan fingerprint density at radius 3 is 2.53 bits per heavy atom. The number of hydrogen-bond donors (Lipinski definition) is 2. The number of halogens is 1. The molecule has 19 heavy (non-hydrogen) atoms. The third kappa shape index (κ3) is 3.69. The van der Waals surface area contributed by atoms with Gasteiger partial charge in [0.1, 0.15) is 5.82 Å². The number of carbonyl (C=O) groups is 1. The van der Waals surface area contributed by atoms with Crippen LogP contribution in [0.5, 0.6) is 0 Å². The van der Waals surface area contributed by atoms with E-state index in [9.17, 15) is 4.79 Å². The molecule has 0 saturated carbocycles. The number of pyridine rings is 1. The summed E-state index contributed by atoms with van der Waals surface area (Å²) in [6.45, 7) is 3.40. The second kappa shape index (κ2) is 5.71. The SMILES string of the molecule is CC(=O)Nc1ccc(Nc2ccc(C)c(Cl)c2)cn1. The molecule has 98 valence electrons. The summed E-state index contributed by atoms with van der Waals surface area (Å²) in [7, 11) is 0. The Kier molecular flexibility index (Phi) is 4.02. The molecule has 0 aliphatic carbocycles. The van der Waals surface area contributed by atoms with E-state index in [4.69, 9.17) is 11.6 Å². The summed E-state index contributed by atoms with van der Waals surface area (Å²) >= 11 is 6.06. The zero-order valence-corrected chi connectivity index (χ0v) is 11.5. The molecule has 4 nitrogen and oxygen atoms in total. The smallest absolute Gasteiger partial charge is 0.222 e. The second-order valence-electron chi connectivity index (χ2n) is 4.20. The summed E-state index contributed by atoms with van der Waals surface area (Å²) in [6, 6.07) is 9.33. The van der Waals surface area contributed by atoms with Gasteiger partial charge >= 0.3 is 0 Å². The minimum absolute atomic E-state index is 0.140. The number of nitrogens with one attached hydrogen (secondary N) is 2. The van der Waals surface area contributed by atoms with Crippen LogP contribution in [0.1, 0.15) is 12.5 Å². The van der Waals surface area contributed by atoms with E-state index >= 15 is 0 Å². The van der Waals surface area contributed by atoms with Crippen LogP contribution in [0.15, 0.2) is 36.5 Å². The van der Waals surface area contributed by atoms with Crippen molar-refractivity contribution in [2.24, 2.45) is 0 Å². The maximum absolute atomic E-state index is 10.9. The van der Waals surface area contributed by atoms with Crippen molar-refractivity contribution in [1.29, 1.82) is 0 Å². The third-order valence-corrected chi connectivity index (χ3v) is 2.94. The van der Waals surface area contributed by atoms with Gasteiger partial charge in [-0.15, -0.1) is 0 Å². The van der Waals surface area contributed by atoms with Crippen LogP contribution < -0.4 is 10.6 Å². The quantitative estimate of drug-likeness (QED) is 0.897. The number of amides is 1. The number of benzene rings is 1. The monoisotopic (exact) mass is 275 g/mol. The maximum Gasteiger partial charge on any atom is 0.222 e. The molecule has 0 radical (unpaired) electrons. The molecule has 2 aromatic rings. The lowest BCUT2D eigenvalue weighted by atomic mass is 10.2. The van der Waals surface area contributed by atoms with Crippen molar-refractivity contribution in [3.8, 4) is 0 Å². The van der Waals surface area contributed by atoms with Crippen molar-refractivity contribution in [1.82, 2.24) is 4.98 Å². The predicted octanol–water partition coefficient (Wildman–Crippen LogP) is 3.75. The minimum atomic E-state index is -0.140. The van der Waals surface area contributed by atoms with Gasteiger partial charge in [0.05, 0.1) is 11.9 Å². The molecule has 0 aliphatic rings. The Morgan fingerprint density at radius 1 is 1.21 bits per heavy atom. The van der Waals surface area contributed by atoms with Crippen LogP contribution in [0.25, 0.3) is 0 Å². The van der Waals surface area contributed by atoms with E-state index in [2.05, 4.69) is 15.6 Å². The van der Waals surface area contributed by atoms with E-state index in [-0.39, 0.29) is 5.91 Å². The zero-order valence-electron chi connectivity index (χ0n) is 10.7. The molecule has 1 aromatic carbocycles. The fourth-order valence-electron chi connectivity index (χ4n) is 1.56. The van der Waals surface area contributed by atoms with Crippen LogP contribution in [0.2, 0.25) is 5.02 Å². The Bertz CT molecular complexity index is 596. The van der Waals surface area contributed by atoms with Crippen LogP contribution in [-0.2, 0) is 4.79 Å². The van der Waals surface area contributed by atoms with Crippen molar-refractivity contribution in [3.63, 3.8) is 0 Å². The van der Waals surface area contributed by atoms with Gasteiger partial charge in [-0.1, -0.05) is 17.7 Å². The molecular weight excluding hydrogens is 262 g/mol. The highest BCUT2D eigenvalue weighted by molar-refractivity contribution is 6.31. The average Bonchev–Trinajstić information content (AvgIpc) is 2.36. The first kappa shape index (κ1) is 13.4. The summed E-state index contributed by atoms with van der Waals surface area (Å²) in [5.41, 5.74) is 2.75. The molecule has 1 heterocycles. The summed E-state index contributed by atoms with van der Waals surface area (Å²) < 4.78 is 0. The molecule has 5 heteroatoms. The fraction of sp³-hybridized carbons (Fsp3) is 0.143. The minimum Gasteiger partial charge on any atom is -0.354 e. The van der Waals surface area contributed by atoms with Gasteiger partial charge in [-0.3, -0.25) is 4.79 Å². The molecule has 0 spiro atoms. The van der Waals surface area contributed by atoms with E-state index in [0.29, 0.717) is 10.8 Å². The number of hydrogen-bond acceptors (Lipinski definition) is 3. The molecule has 0 saturated heterocycles. The summed E-state index contributed by atoms with van der Waals surface area (Å²) in [5.74, 6) is 0.388. The van der Waals surface area contributed by atoms with Crippen LogP contribution in [0, 0.1) is 6.92 Å². The molecule has 0 bridgehead atoms. The van der Waals surface area contributed by atoms with Gasteiger partial charge in [-0.05, 0) is 36.8 Å². The van der Waals surface area contributed by atoms with Crippen LogP contribution in [0.4, 0.5) is 17.2 Å². The summed E-state index contributed by atoms with van der Waals surface area (Å²) in [6.07, 6.45) is 1.65. The molecule has 1 amide bonds. The Morgan fingerprint density at radius 2 is 1.95 bits per heavy atom. The van der Waals surface area contributed by atoms with Crippen molar-refractivity contribution in [3.05, 3.63) is 47.1 Å². The lowest BCUT2D eigenvalue weighted by Crippen LogP contribution is -2.07. The highest BCUT2D eigenvalue weighted by Gasteiger charge is 2.00. The molecule has 2 rings (SSSR count). The lowest BCUT2D eigenvalue weighted by molar-refractivity contribution is -0.114. The second-order valence-corrected chi connectivity index (χ2v) is 4.61. The normalized spacial score (nSPS) is 10.1. The number of rotatable bonds is 3. The van der Waals surface area contributed by atoms with Gasteiger partial charge in [0.25, 0.3) is 0 Å². The van der Waals surface area contributed by atoms with Crippen LogP contribution in [0.3, 0.4) is 0 Å². The Hall–Kier alpha value is -2.07. The van der Waals surface area contributed by atoms with Gasteiger partial charge in [0.15, 0.2) is 0 Å². The van der Waals surface area contributed by atoms with Crippen molar-refractivity contribution < 1.29 is 4.79 Å². The first-order valence-corrected chi connectivity index (χ1v) is 6.19. The van der Waals surface area contributed by atoms with E-state index < -0.39 is 0 Å². The van der Waals surface area contributed by atoms with Gasteiger partial charge < -0.3 is 10.6 Å². The third-order valence-electron chi connectivity index (χ3n) is 2.53. The first-order chi connectivity index (χ1) is 9.04. The van der Waals surface area contributed by atoms with Crippen LogP contribution in [-0.4, -0.2) is 10.9 Å². The first-order valence-electron chi connectivity index (χ1n) is 5.81. The van der Waals surface area contributed by atoms with E-state index in [0.717, 1.165) is 16.9 Å². The highest BCUT2D eigenvalue weighted by Crippen LogP contribution is 2.23. The topological polar surface area (TPSA) is 54.0 Å². The van der Waals surface area contributed by atoms with E-state index in [1.807, 2.05) is 31.2 Å². The van der Waals surface area contributed by atoms with Crippen molar-refractivity contribution in [2.45, 2.75) is 13.8 Å². The standard InChI is InChI=1S/C14H14ClN3O/c1-9-3-4-11(7-13(9)15)18-12-5-6-14(16-8-12)17-10(2)19/h3-8,18H,1-2H3,(H,16,17,19). The summed E-state index contributed by atoms with van der Waals surface area (Å²) in [5, 5.41) is 6.52. The van der Waals surface area contributed by atoms with Gasteiger partial charge in [0.2, 0.25) is 5.91 Å². The fourth-order valence-corrected chi connectivity index (χ4v) is 1.74. The largest absolute Gasteiger partial charge is 0.354 e. The van der Waals surface area contributed by atoms with Crippen molar-refractivity contribution in [2.75, 3.05) is 10.6 Å². The van der Waals surface area contributed by atoms with E-state index in [1.165, 1.54) is 6.92 Å². The van der Waals surface area contributed by atoms with Crippen LogP contribution >= 0.6 is 11.6 Å². The number of aryl methyl sites for hydroxylation is 1. The molecule has 0 unspecified atom stereocenters. The predicted molar refractivity (Wildman–Crippen MR) is 78.0 cm³/mol. The van der Waals surface area contributed by atoms with Gasteiger partial charge in [-0.2, -0.15) is 0 Å². The maximum atomic E-state index is 10.9. The van der Waals surface area contributed by atoms with Gasteiger partial charge in [0, 0.05) is 17.6 Å². The van der Waals surface area contributed by atoms with Crippen molar-refractivity contribution >= 4 is 34.7 Å². The molecular formula is C14H14ClN3O. The zero-order chi connectivity index (χ0) is 13.8. The molecule has 0 aliphatic heterocycles. The Labute approximate surface area is 116 Å². The molecule has 0 atom stereocenters. The molecule has 1 aromatic heterocycles. The number of anilines is 3. The number of carbonyl (C=O) groups excluding carboxylic acids is 1. The highest BCUT2D eigenvalue weighted by atomic mass is 35.5. The molecule has 0 fully saturated rings. The lowest BCUT2D eigenvalue weighted by Gasteiger charge is -2.08. The average molecular weight is 276 g/mol. The Balaban J connectivity index is 2.10. The van der Waals surface area contributed by atoms with Gasteiger partial charge in [-0.25, -0.2) is 4.98 Å². The van der Waals surface area contributed by atoms with E-state index in [1.54, 1.807) is 12.3 Å². The summed E-state index contributed by atoms with van der Waals surface area (Å²) in [4.78, 5) is 15.0. The molecule has 2 N–H and O–H groups in total. The number of aromatic nitrogens is 1. The number of nitrogens with zero attached hydrogens (tertiary/aromatic N) is 1.